The number of methoxy groups -OCH3 is 2. The van der Waals surface area contributed by atoms with Crippen molar-refractivity contribution in [2.75, 3.05) is 14.2 Å². The maximum atomic E-state index is 12.3. The molecule has 3 aromatic rings. The van der Waals surface area contributed by atoms with Gasteiger partial charge in [-0.3, -0.25) is 9.59 Å². The van der Waals surface area contributed by atoms with E-state index in [0.717, 1.165) is 14.2 Å². The summed E-state index contributed by atoms with van der Waals surface area (Å²) in [6.45, 7) is 0. The molecule has 0 saturated carbocycles. The van der Waals surface area contributed by atoms with Crippen molar-refractivity contribution in [1.29, 1.82) is 0 Å². The van der Waals surface area contributed by atoms with E-state index in [0.29, 0.717) is 12.6 Å². The molecule has 0 amide bonds. The van der Waals surface area contributed by atoms with Gasteiger partial charge in [0, 0.05) is 0 Å². The molecular weight excluding hydrogens is 360 g/mol. The Morgan fingerprint density at radius 3 is 1.89 bits per heavy atom. The molecule has 0 aromatic carbocycles. The molecule has 0 saturated heterocycles. The minimum Gasteiger partial charge on any atom is -0.465 e. The maximum Gasteiger partial charge on any atom is 0.374 e. The second kappa shape index (κ2) is 7.16. The zero-order chi connectivity index (χ0) is 19.6. The molecule has 0 unspecified atom stereocenters. The maximum absolute atomic E-state index is 12.3. The predicted octanol–water partition coefficient (Wildman–Crippen LogP) is 3.00. The lowest BCUT2D eigenvalue weighted by Crippen LogP contribution is -2.10. The predicted molar refractivity (Wildman–Crippen MR) is 87.6 cm³/mol. The molecule has 9 nitrogen and oxygen atoms in total. The normalized spacial score (nSPS) is 10.4. The highest BCUT2D eigenvalue weighted by atomic mass is 16.5. The van der Waals surface area contributed by atoms with Crippen molar-refractivity contribution in [3.63, 3.8) is 0 Å². The molecule has 0 N–H and O–H groups in total. The first kappa shape index (κ1) is 17.9. The SMILES string of the molecule is COC(=O)c1oc(-c2ccc(C=O)o2)c(-c2ccc(C=O)o2)c1C(=O)OC. The van der Waals surface area contributed by atoms with Crippen molar-refractivity contribution in [3.05, 3.63) is 47.1 Å². The minimum absolute atomic E-state index is 0.000360. The molecule has 3 rings (SSSR count). The van der Waals surface area contributed by atoms with Gasteiger partial charge >= 0.3 is 11.9 Å². The van der Waals surface area contributed by atoms with E-state index in [2.05, 4.69) is 4.74 Å². The van der Waals surface area contributed by atoms with E-state index >= 15 is 0 Å². The topological polar surface area (TPSA) is 126 Å². The monoisotopic (exact) mass is 372 g/mol. The summed E-state index contributed by atoms with van der Waals surface area (Å²) in [6, 6.07) is 5.58. The molecule has 3 heterocycles. The molecule has 0 spiro atoms. The highest BCUT2D eigenvalue weighted by Crippen LogP contribution is 2.41. The third-order valence-corrected chi connectivity index (χ3v) is 3.62. The average Bonchev–Trinajstić information content (AvgIpc) is 3.43. The Balaban J connectivity index is 2.35. The summed E-state index contributed by atoms with van der Waals surface area (Å²) >= 11 is 0. The van der Waals surface area contributed by atoms with Crippen LogP contribution in [0.2, 0.25) is 0 Å². The molecule has 3 aromatic heterocycles. The van der Waals surface area contributed by atoms with E-state index in [4.69, 9.17) is 18.0 Å². The van der Waals surface area contributed by atoms with Crippen LogP contribution < -0.4 is 0 Å². The summed E-state index contributed by atoms with van der Waals surface area (Å²) in [5, 5.41) is 0. The van der Waals surface area contributed by atoms with Crippen LogP contribution in [0.4, 0.5) is 0 Å². The van der Waals surface area contributed by atoms with E-state index in [1.165, 1.54) is 24.3 Å². The molecule has 0 aliphatic heterocycles. The zero-order valence-corrected chi connectivity index (χ0v) is 14.1. The Kier molecular flexibility index (Phi) is 4.75. The third kappa shape index (κ3) is 3.06. The summed E-state index contributed by atoms with van der Waals surface area (Å²) in [4.78, 5) is 46.3. The van der Waals surface area contributed by atoms with E-state index in [-0.39, 0.29) is 39.9 Å². The van der Waals surface area contributed by atoms with Crippen LogP contribution >= 0.6 is 0 Å². The number of hydrogen-bond donors (Lipinski definition) is 0. The van der Waals surface area contributed by atoms with Crippen molar-refractivity contribution in [2.24, 2.45) is 0 Å². The number of ether oxygens (including phenoxy) is 2. The molecular formula is C18H12O9. The number of esters is 2. The number of aldehydes is 2. The Morgan fingerprint density at radius 1 is 0.815 bits per heavy atom. The molecule has 9 heteroatoms. The molecule has 0 aliphatic rings. The third-order valence-electron chi connectivity index (χ3n) is 3.62. The Bertz CT molecular complexity index is 1030. The second-order valence-electron chi connectivity index (χ2n) is 5.13. The molecule has 0 aliphatic carbocycles. The number of furan rings is 3. The van der Waals surface area contributed by atoms with E-state index in [9.17, 15) is 19.2 Å². The van der Waals surface area contributed by atoms with E-state index in [1.54, 1.807) is 0 Å². The van der Waals surface area contributed by atoms with Gasteiger partial charge in [-0.25, -0.2) is 9.59 Å². The van der Waals surface area contributed by atoms with Gasteiger partial charge < -0.3 is 22.7 Å². The highest BCUT2D eigenvalue weighted by molar-refractivity contribution is 6.08. The summed E-state index contributed by atoms with van der Waals surface area (Å²) < 4.78 is 25.6. The van der Waals surface area contributed by atoms with Crippen LogP contribution in [-0.2, 0) is 9.47 Å². The van der Waals surface area contributed by atoms with Crippen LogP contribution in [0, 0.1) is 0 Å². The lowest BCUT2D eigenvalue weighted by atomic mass is 10.0. The van der Waals surface area contributed by atoms with Gasteiger partial charge in [0.1, 0.15) is 11.3 Å². The van der Waals surface area contributed by atoms with Crippen molar-refractivity contribution in [2.45, 2.75) is 0 Å². The first-order valence-corrected chi connectivity index (χ1v) is 7.48. The average molecular weight is 372 g/mol. The lowest BCUT2D eigenvalue weighted by Gasteiger charge is -2.02. The van der Waals surface area contributed by atoms with Crippen molar-refractivity contribution in [3.8, 4) is 22.8 Å². The summed E-state index contributed by atoms with van der Waals surface area (Å²) in [5.74, 6) is -2.26. The van der Waals surface area contributed by atoms with Gasteiger partial charge in [-0.15, -0.1) is 0 Å². The Labute approximate surface area is 151 Å². The van der Waals surface area contributed by atoms with Crippen molar-refractivity contribution >= 4 is 24.5 Å². The van der Waals surface area contributed by atoms with Crippen LogP contribution in [-0.4, -0.2) is 38.7 Å². The number of hydrogen-bond acceptors (Lipinski definition) is 9. The molecule has 27 heavy (non-hydrogen) atoms. The smallest absolute Gasteiger partial charge is 0.374 e. The molecule has 138 valence electrons. The Morgan fingerprint density at radius 2 is 1.37 bits per heavy atom. The van der Waals surface area contributed by atoms with Gasteiger partial charge in [-0.2, -0.15) is 0 Å². The standard InChI is InChI=1S/C18H12O9/c1-23-17(21)14-13(11-5-3-9(7-19)25-11)15(27-16(14)18(22)24-2)12-6-4-10(8-20)26-12/h3-8H,1-2H3. The number of carbonyl (C=O) groups is 4. The molecule has 0 fully saturated rings. The van der Waals surface area contributed by atoms with E-state index < -0.39 is 17.7 Å². The van der Waals surface area contributed by atoms with Crippen molar-refractivity contribution in [1.82, 2.24) is 0 Å². The summed E-state index contributed by atoms with van der Waals surface area (Å²) in [6.07, 6.45) is 0.950. The Hall–Kier alpha value is -3.88. The second-order valence-corrected chi connectivity index (χ2v) is 5.13. The molecule has 0 bridgehead atoms. The summed E-state index contributed by atoms with van der Waals surface area (Å²) in [7, 11) is 2.23. The fraction of sp³-hybridized carbons (Fsp3) is 0.111. The first-order valence-electron chi connectivity index (χ1n) is 7.48. The van der Waals surface area contributed by atoms with Crippen LogP contribution in [0.15, 0.2) is 37.5 Å². The van der Waals surface area contributed by atoms with Crippen LogP contribution in [0.3, 0.4) is 0 Å². The molecule has 0 atom stereocenters. The largest absolute Gasteiger partial charge is 0.465 e. The van der Waals surface area contributed by atoms with Gasteiger partial charge in [-0.1, -0.05) is 0 Å². The zero-order valence-electron chi connectivity index (χ0n) is 14.1. The van der Waals surface area contributed by atoms with Crippen LogP contribution in [0.25, 0.3) is 22.8 Å². The van der Waals surface area contributed by atoms with Crippen LogP contribution in [0.5, 0.6) is 0 Å². The number of carbonyl (C=O) groups excluding carboxylic acids is 4. The van der Waals surface area contributed by atoms with E-state index in [1.807, 2.05) is 0 Å². The quantitative estimate of drug-likeness (QED) is 0.474. The van der Waals surface area contributed by atoms with Crippen LogP contribution in [0.1, 0.15) is 42.0 Å². The fourth-order valence-corrected chi connectivity index (χ4v) is 2.46. The number of rotatable bonds is 6. The fourth-order valence-electron chi connectivity index (χ4n) is 2.46. The lowest BCUT2D eigenvalue weighted by molar-refractivity contribution is 0.0529. The van der Waals surface area contributed by atoms with Gasteiger partial charge in [-0.05, 0) is 24.3 Å². The minimum atomic E-state index is -0.938. The van der Waals surface area contributed by atoms with Gasteiger partial charge in [0.15, 0.2) is 35.6 Å². The highest BCUT2D eigenvalue weighted by Gasteiger charge is 2.35. The van der Waals surface area contributed by atoms with Gasteiger partial charge in [0.2, 0.25) is 5.76 Å². The summed E-state index contributed by atoms with van der Waals surface area (Å²) in [5.41, 5.74) is -0.252. The van der Waals surface area contributed by atoms with Gasteiger partial charge in [0.25, 0.3) is 0 Å². The molecule has 0 radical (unpaired) electrons. The van der Waals surface area contributed by atoms with Gasteiger partial charge in [0.05, 0.1) is 19.8 Å². The first-order chi connectivity index (χ1) is 13.0. The van der Waals surface area contributed by atoms with Crippen molar-refractivity contribution < 1.29 is 41.9 Å².